The van der Waals surface area contributed by atoms with Gasteiger partial charge in [-0.3, -0.25) is 16.3 Å². The van der Waals surface area contributed by atoms with E-state index in [0.29, 0.717) is 6.61 Å². The van der Waals surface area contributed by atoms with Crippen molar-refractivity contribution in [3.63, 3.8) is 0 Å². The lowest BCUT2D eigenvalue weighted by Gasteiger charge is -2.15. The molecule has 0 saturated heterocycles. The van der Waals surface area contributed by atoms with Crippen LogP contribution >= 0.6 is 11.3 Å². The van der Waals surface area contributed by atoms with Crippen LogP contribution in [0.3, 0.4) is 0 Å². The molecule has 2 aromatic rings. The number of thiazole rings is 1. The van der Waals surface area contributed by atoms with E-state index in [1.807, 2.05) is 24.6 Å². The van der Waals surface area contributed by atoms with Crippen molar-refractivity contribution in [1.29, 1.82) is 0 Å². The smallest absolute Gasteiger partial charge is 0.137 e. The summed E-state index contributed by atoms with van der Waals surface area (Å²) in [5, 5.41) is 3.10. The minimum atomic E-state index is -0.0155. The third-order valence-electron chi connectivity index (χ3n) is 2.86. The van der Waals surface area contributed by atoms with Crippen LogP contribution in [0, 0.1) is 6.92 Å². The molecule has 2 rings (SSSR count). The Kier molecular flexibility index (Phi) is 5.46. The van der Waals surface area contributed by atoms with Crippen molar-refractivity contribution < 1.29 is 4.74 Å². The van der Waals surface area contributed by atoms with E-state index in [2.05, 4.69) is 22.3 Å². The van der Waals surface area contributed by atoms with Crippen LogP contribution in [0.1, 0.15) is 35.7 Å². The molecule has 1 unspecified atom stereocenters. The number of aryl methyl sites for hydroxylation is 1. The van der Waals surface area contributed by atoms with Gasteiger partial charge in [0.2, 0.25) is 0 Å². The summed E-state index contributed by atoms with van der Waals surface area (Å²) in [5.74, 6) is 6.45. The Morgan fingerprint density at radius 3 is 2.95 bits per heavy atom. The second-order valence-electron chi connectivity index (χ2n) is 4.61. The van der Waals surface area contributed by atoms with Gasteiger partial charge >= 0.3 is 0 Å². The summed E-state index contributed by atoms with van der Waals surface area (Å²) in [7, 11) is 0. The predicted molar refractivity (Wildman–Crippen MR) is 80.6 cm³/mol. The van der Waals surface area contributed by atoms with E-state index in [4.69, 9.17) is 10.6 Å². The minimum Gasteiger partial charge on any atom is -0.492 e. The first-order valence-corrected chi connectivity index (χ1v) is 7.55. The first-order chi connectivity index (χ1) is 9.72. The molecule has 0 spiro atoms. The lowest BCUT2D eigenvalue weighted by molar-refractivity contribution is 0.315. The number of ether oxygens (including phenoxy) is 1. The van der Waals surface area contributed by atoms with E-state index < -0.39 is 0 Å². The highest BCUT2D eigenvalue weighted by molar-refractivity contribution is 7.09. The van der Waals surface area contributed by atoms with Crippen molar-refractivity contribution in [2.45, 2.75) is 32.7 Å². The van der Waals surface area contributed by atoms with Crippen molar-refractivity contribution >= 4 is 11.3 Å². The van der Waals surface area contributed by atoms with E-state index in [-0.39, 0.29) is 6.04 Å². The third kappa shape index (κ3) is 4.00. The maximum atomic E-state index is 5.67. The number of nitrogens with zero attached hydrogens (tertiary/aromatic N) is 2. The lowest BCUT2D eigenvalue weighted by Crippen LogP contribution is -2.29. The standard InChI is InChI=1S/C14H20N4OS/c1-3-4-19-12-5-11(7-16-8-12)13(18-15)6-14-17-10(2)9-20-14/h5,7-9,13,18H,3-4,6,15H2,1-2H3. The van der Waals surface area contributed by atoms with Crippen molar-refractivity contribution in [1.82, 2.24) is 15.4 Å². The van der Waals surface area contributed by atoms with Gasteiger partial charge in [0.25, 0.3) is 0 Å². The molecule has 0 amide bonds. The minimum absolute atomic E-state index is 0.0155. The van der Waals surface area contributed by atoms with Gasteiger partial charge in [-0.15, -0.1) is 11.3 Å². The molecule has 3 N–H and O–H groups in total. The molecule has 0 aliphatic carbocycles. The molecule has 5 nitrogen and oxygen atoms in total. The maximum absolute atomic E-state index is 5.67. The fourth-order valence-corrected chi connectivity index (χ4v) is 2.69. The van der Waals surface area contributed by atoms with Gasteiger partial charge in [-0.05, 0) is 25.0 Å². The number of aromatic nitrogens is 2. The highest BCUT2D eigenvalue weighted by Crippen LogP contribution is 2.22. The van der Waals surface area contributed by atoms with Gasteiger partial charge in [-0.1, -0.05) is 6.92 Å². The van der Waals surface area contributed by atoms with Crippen LogP contribution in [0.25, 0.3) is 0 Å². The molecule has 0 aromatic carbocycles. The Hall–Kier alpha value is -1.50. The second-order valence-corrected chi connectivity index (χ2v) is 5.55. The van der Waals surface area contributed by atoms with Gasteiger partial charge in [0.1, 0.15) is 5.75 Å². The van der Waals surface area contributed by atoms with Gasteiger partial charge in [0.05, 0.1) is 23.9 Å². The Morgan fingerprint density at radius 1 is 1.45 bits per heavy atom. The van der Waals surface area contributed by atoms with Gasteiger partial charge < -0.3 is 4.74 Å². The summed E-state index contributed by atoms with van der Waals surface area (Å²) in [6.45, 7) is 4.76. The lowest BCUT2D eigenvalue weighted by atomic mass is 10.1. The first kappa shape index (κ1) is 14.9. The second kappa shape index (κ2) is 7.33. The van der Waals surface area contributed by atoms with Gasteiger partial charge in [-0.2, -0.15) is 0 Å². The number of hydrazine groups is 1. The topological polar surface area (TPSA) is 73.1 Å². The Bertz CT molecular complexity index is 543. The normalized spacial score (nSPS) is 12.3. The molecular formula is C14H20N4OS. The Morgan fingerprint density at radius 2 is 2.30 bits per heavy atom. The molecule has 2 aromatic heterocycles. The average molecular weight is 292 g/mol. The Balaban J connectivity index is 2.10. The third-order valence-corrected chi connectivity index (χ3v) is 3.85. The van der Waals surface area contributed by atoms with Gasteiger partial charge in [0.15, 0.2) is 0 Å². The largest absolute Gasteiger partial charge is 0.492 e. The fraction of sp³-hybridized carbons (Fsp3) is 0.429. The summed E-state index contributed by atoms with van der Waals surface area (Å²) in [5.41, 5.74) is 4.88. The van der Waals surface area contributed by atoms with Crippen molar-refractivity contribution in [2.24, 2.45) is 5.84 Å². The quantitative estimate of drug-likeness (QED) is 0.605. The SMILES string of the molecule is CCCOc1cncc(C(Cc2nc(C)cs2)NN)c1. The zero-order valence-electron chi connectivity index (χ0n) is 11.8. The molecule has 0 fully saturated rings. The monoisotopic (exact) mass is 292 g/mol. The van der Waals surface area contributed by atoms with E-state index in [9.17, 15) is 0 Å². The summed E-state index contributed by atoms with van der Waals surface area (Å²) in [6.07, 6.45) is 5.25. The van der Waals surface area contributed by atoms with Gasteiger partial charge in [-0.25, -0.2) is 4.98 Å². The molecule has 0 saturated carbocycles. The highest BCUT2D eigenvalue weighted by atomic mass is 32.1. The number of hydrogen-bond donors (Lipinski definition) is 2. The number of rotatable bonds is 7. The van der Waals surface area contributed by atoms with E-state index in [1.165, 1.54) is 0 Å². The number of nitrogens with two attached hydrogens (primary N) is 1. The Labute approximate surface area is 123 Å². The molecular weight excluding hydrogens is 272 g/mol. The van der Waals surface area contributed by atoms with Crippen molar-refractivity contribution in [3.8, 4) is 5.75 Å². The van der Waals surface area contributed by atoms with Crippen molar-refractivity contribution in [2.75, 3.05) is 6.61 Å². The molecule has 108 valence electrons. The maximum Gasteiger partial charge on any atom is 0.137 e. The molecule has 2 heterocycles. The van der Waals surface area contributed by atoms with E-state index in [0.717, 1.165) is 34.9 Å². The van der Waals surface area contributed by atoms with Crippen LogP contribution < -0.4 is 16.0 Å². The van der Waals surface area contributed by atoms with Crippen LogP contribution in [0.2, 0.25) is 0 Å². The predicted octanol–water partition coefficient (Wildman–Crippen LogP) is 2.38. The van der Waals surface area contributed by atoms with Gasteiger partial charge in [0, 0.05) is 23.7 Å². The highest BCUT2D eigenvalue weighted by Gasteiger charge is 2.14. The van der Waals surface area contributed by atoms with E-state index >= 15 is 0 Å². The summed E-state index contributed by atoms with van der Waals surface area (Å²) >= 11 is 1.65. The number of hydrogen-bond acceptors (Lipinski definition) is 6. The summed E-state index contributed by atoms with van der Waals surface area (Å²) in [4.78, 5) is 8.68. The number of nitrogens with one attached hydrogen (secondary N) is 1. The zero-order chi connectivity index (χ0) is 14.4. The molecule has 1 atom stereocenters. The molecule has 0 bridgehead atoms. The molecule has 20 heavy (non-hydrogen) atoms. The molecule has 0 aliphatic rings. The van der Waals surface area contributed by atoms with Crippen LogP contribution in [-0.4, -0.2) is 16.6 Å². The summed E-state index contributed by atoms with van der Waals surface area (Å²) in [6, 6.07) is 1.96. The van der Waals surface area contributed by atoms with E-state index in [1.54, 1.807) is 17.5 Å². The fourth-order valence-electron chi connectivity index (χ4n) is 1.87. The first-order valence-electron chi connectivity index (χ1n) is 6.67. The molecule has 0 aliphatic heterocycles. The number of pyridine rings is 1. The molecule has 0 radical (unpaired) electrons. The zero-order valence-corrected chi connectivity index (χ0v) is 12.6. The van der Waals surface area contributed by atoms with Crippen molar-refractivity contribution in [3.05, 3.63) is 40.1 Å². The van der Waals surface area contributed by atoms with Crippen LogP contribution in [0.15, 0.2) is 23.8 Å². The van der Waals surface area contributed by atoms with Crippen LogP contribution in [0.5, 0.6) is 5.75 Å². The van der Waals surface area contributed by atoms with Crippen LogP contribution in [-0.2, 0) is 6.42 Å². The summed E-state index contributed by atoms with van der Waals surface area (Å²) < 4.78 is 5.60. The average Bonchev–Trinajstić information content (AvgIpc) is 2.88. The van der Waals surface area contributed by atoms with Crippen LogP contribution in [0.4, 0.5) is 0 Å². The molecule has 6 heteroatoms.